The summed E-state index contributed by atoms with van der Waals surface area (Å²) in [6.45, 7) is -2.30. The quantitative estimate of drug-likeness (QED) is 0.346. The molecule has 0 aliphatic carbocycles. The Morgan fingerprint density at radius 1 is 0.909 bits per heavy atom. The summed E-state index contributed by atoms with van der Waals surface area (Å²) in [7, 11) is 0. The maximum Gasteiger partial charge on any atom is 1.00 e. The summed E-state index contributed by atoms with van der Waals surface area (Å²) >= 11 is 4.83. The average Bonchev–Trinajstić information content (AvgIpc) is 2.33. The number of nitrogens with zero attached hydrogens (tertiary/aromatic N) is 2. The average molecular weight is 349 g/mol. The zero-order valence-electron chi connectivity index (χ0n) is 11.9. The van der Waals surface area contributed by atoms with Crippen LogP contribution in [0.5, 0.6) is 0 Å². The molecule has 0 spiro atoms. The smallest absolute Gasteiger partial charge is 0.549 e. The van der Waals surface area contributed by atoms with Crippen molar-refractivity contribution in [1.82, 2.24) is 9.80 Å². The first-order chi connectivity index (χ1) is 9.74. The molecule has 0 heterocycles. The van der Waals surface area contributed by atoms with E-state index in [1.54, 1.807) is 0 Å². The van der Waals surface area contributed by atoms with Gasteiger partial charge in [0.2, 0.25) is 0 Å². The number of carbonyl (C=O) groups is 4. The molecule has 0 aliphatic rings. The van der Waals surface area contributed by atoms with Gasteiger partial charge in [-0.25, -0.2) is 4.79 Å². The molecule has 0 unspecified atom stereocenters. The minimum atomic E-state index is -1.46. The molecule has 12 heteroatoms. The second-order valence-electron chi connectivity index (χ2n) is 4.03. The Hall–Kier alpha value is -0.910. The van der Waals surface area contributed by atoms with Crippen molar-refractivity contribution in [1.29, 1.82) is 0 Å². The Kier molecular flexibility index (Phi) is 13.4. The fourth-order valence-corrected chi connectivity index (χ4v) is 1.53. The molecule has 0 atom stereocenters. The number of carboxylic acid groups (broad SMARTS) is 3. The SMILES string of the molecule is O=C([O-])CN(CCN(CC(=O)O)CC(=O)O)CC(=O)OCl.[Na+]. The Morgan fingerprint density at radius 2 is 1.32 bits per heavy atom. The van der Waals surface area contributed by atoms with Crippen LogP contribution in [0.25, 0.3) is 0 Å². The first-order valence-corrected chi connectivity index (χ1v) is 5.95. The van der Waals surface area contributed by atoms with E-state index in [1.165, 1.54) is 0 Å². The molecule has 0 saturated heterocycles. The van der Waals surface area contributed by atoms with E-state index in [1.807, 2.05) is 0 Å². The van der Waals surface area contributed by atoms with Gasteiger partial charge in [-0.2, -0.15) is 0 Å². The van der Waals surface area contributed by atoms with Gasteiger partial charge in [-0.1, -0.05) is 0 Å². The van der Waals surface area contributed by atoms with Crippen molar-refractivity contribution in [3.05, 3.63) is 0 Å². The van der Waals surface area contributed by atoms with Crippen molar-refractivity contribution in [3.63, 3.8) is 0 Å². The van der Waals surface area contributed by atoms with Crippen LogP contribution in [0.4, 0.5) is 0 Å². The van der Waals surface area contributed by atoms with E-state index >= 15 is 0 Å². The second-order valence-corrected chi connectivity index (χ2v) is 4.18. The summed E-state index contributed by atoms with van der Waals surface area (Å²) in [6, 6.07) is 0. The molecule has 120 valence electrons. The molecular formula is C10H14ClN2NaO8. The van der Waals surface area contributed by atoms with Crippen LogP contribution in [0.1, 0.15) is 0 Å². The van der Waals surface area contributed by atoms with Gasteiger partial charge in [-0.15, -0.1) is 0 Å². The zero-order chi connectivity index (χ0) is 16.4. The summed E-state index contributed by atoms with van der Waals surface area (Å²) in [5.74, 6) is -4.83. The summed E-state index contributed by atoms with van der Waals surface area (Å²) in [5, 5.41) is 27.8. The molecule has 10 nitrogen and oxygen atoms in total. The maximum atomic E-state index is 11.0. The number of aliphatic carboxylic acids is 3. The number of halogens is 1. The van der Waals surface area contributed by atoms with Gasteiger partial charge in [0.25, 0.3) is 0 Å². The number of hydrogen-bond acceptors (Lipinski definition) is 8. The van der Waals surface area contributed by atoms with Crippen molar-refractivity contribution in [2.24, 2.45) is 0 Å². The van der Waals surface area contributed by atoms with Gasteiger partial charge in [0.05, 0.1) is 25.6 Å². The molecule has 0 amide bonds. The number of rotatable bonds is 11. The third-order valence-electron chi connectivity index (χ3n) is 2.24. The van der Waals surface area contributed by atoms with Gasteiger partial charge >= 0.3 is 47.5 Å². The van der Waals surface area contributed by atoms with E-state index in [0.29, 0.717) is 0 Å². The molecule has 0 saturated carbocycles. The topological polar surface area (TPSA) is 148 Å². The predicted octanol–water partition coefficient (Wildman–Crippen LogP) is -5.79. The fourth-order valence-electron chi connectivity index (χ4n) is 1.48. The molecule has 2 N–H and O–H groups in total. The molecule has 0 rings (SSSR count). The molecule has 0 aromatic carbocycles. The van der Waals surface area contributed by atoms with Crippen molar-refractivity contribution >= 4 is 35.7 Å². The monoisotopic (exact) mass is 348 g/mol. The molecular weight excluding hydrogens is 335 g/mol. The normalized spacial score (nSPS) is 10.1. The number of carbonyl (C=O) groups excluding carboxylic acids is 2. The van der Waals surface area contributed by atoms with Gasteiger partial charge in [-0.05, 0) is 0 Å². The van der Waals surface area contributed by atoms with Crippen LogP contribution in [0, 0.1) is 0 Å². The largest absolute Gasteiger partial charge is 1.00 e. The summed E-state index contributed by atoms with van der Waals surface area (Å²) in [5.41, 5.74) is 0. The van der Waals surface area contributed by atoms with Gasteiger partial charge in [-0.3, -0.25) is 19.4 Å². The second kappa shape index (κ2) is 12.6. The molecule has 0 aliphatic heterocycles. The van der Waals surface area contributed by atoms with E-state index in [4.69, 9.17) is 22.1 Å². The van der Waals surface area contributed by atoms with Gasteiger partial charge in [0.1, 0.15) is 11.9 Å². The molecule has 0 aromatic rings. The minimum absolute atomic E-state index is 0. The number of hydrogen-bond donors (Lipinski definition) is 2. The van der Waals surface area contributed by atoms with Crippen molar-refractivity contribution in [3.8, 4) is 0 Å². The third kappa shape index (κ3) is 12.8. The van der Waals surface area contributed by atoms with E-state index in [-0.39, 0.29) is 42.6 Å². The van der Waals surface area contributed by atoms with Crippen LogP contribution in [0.2, 0.25) is 0 Å². The van der Waals surface area contributed by atoms with Crippen molar-refractivity contribution < 1.29 is 68.3 Å². The summed E-state index contributed by atoms with van der Waals surface area (Å²) in [6.07, 6.45) is 0. The number of carboxylic acids is 3. The van der Waals surface area contributed by atoms with Crippen LogP contribution in [-0.2, 0) is 23.5 Å². The summed E-state index contributed by atoms with van der Waals surface area (Å²) in [4.78, 5) is 44.9. The fraction of sp³-hybridized carbons (Fsp3) is 0.600. The maximum absolute atomic E-state index is 11.0. The molecule has 0 bridgehead atoms. The van der Waals surface area contributed by atoms with Crippen LogP contribution < -0.4 is 34.7 Å². The minimum Gasteiger partial charge on any atom is -0.549 e. The Morgan fingerprint density at radius 3 is 1.64 bits per heavy atom. The van der Waals surface area contributed by atoms with Gasteiger partial charge in [0.15, 0.2) is 0 Å². The Balaban J connectivity index is 0. The zero-order valence-corrected chi connectivity index (χ0v) is 14.6. The van der Waals surface area contributed by atoms with E-state index < -0.39 is 50.1 Å². The van der Waals surface area contributed by atoms with E-state index in [2.05, 4.69) is 4.29 Å². The van der Waals surface area contributed by atoms with Crippen LogP contribution in [-0.4, -0.2) is 83.2 Å². The van der Waals surface area contributed by atoms with Crippen LogP contribution in [0.15, 0.2) is 0 Å². The molecule has 0 aromatic heterocycles. The first-order valence-electron chi connectivity index (χ1n) is 5.64. The van der Waals surface area contributed by atoms with Crippen molar-refractivity contribution in [2.45, 2.75) is 0 Å². The molecule has 0 radical (unpaired) electrons. The standard InChI is InChI=1S/C10H15ClN2O8.Na/c11-21-10(20)6-13(5-9(18)19)2-1-12(3-7(14)15)4-8(16)17;/h1-6H2,(H,14,15)(H,16,17)(H,18,19);/q;+1/p-1. The summed E-state index contributed by atoms with van der Waals surface area (Å²) < 4.78 is 3.87. The van der Waals surface area contributed by atoms with E-state index in [9.17, 15) is 24.3 Å². The molecule has 22 heavy (non-hydrogen) atoms. The Labute approximate surface area is 153 Å². The van der Waals surface area contributed by atoms with Crippen LogP contribution in [0.3, 0.4) is 0 Å². The van der Waals surface area contributed by atoms with Crippen molar-refractivity contribution in [2.75, 3.05) is 39.3 Å². The first kappa shape index (κ1) is 23.4. The Bertz CT molecular complexity index is 392. The van der Waals surface area contributed by atoms with Gasteiger partial charge in [0, 0.05) is 19.6 Å². The van der Waals surface area contributed by atoms with Crippen LogP contribution >= 0.6 is 11.9 Å². The molecule has 0 fully saturated rings. The van der Waals surface area contributed by atoms with E-state index in [0.717, 1.165) is 9.80 Å². The van der Waals surface area contributed by atoms with Gasteiger partial charge < -0.3 is 24.4 Å². The third-order valence-corrected chi connectivity index (χ3v) is 2.41. The predicted molar refractivity (Wildman–Crippen MR) is 65.1 cm³/mol.